The van der Waals surface area contributed by atoms with E-state index in [-0.39, 0.29) is 0 Å². The maximum Gasteiger partial charge on any atom is 0.142 e. The summed E-state index contributed by atoms with van der Waals surface area (Å²) >= 11 is 1.71. The van der Waals surface area contributed by atoms with Crippen molar-refractivity contribution in [2.75, 3.05) is 0 Å². The predicted octanol–water partition coefficient (Wildman–Crippen LogP) is 4.24. The number of fused-ring (bicyclic) bond motifs is 1. The minimum Gasteiger partial charge on any atom is -0.245 e. The molecule has 0 N–H and O–H groups in total. The number of hydrogen-bond donors (Lipinski definition) is 0. The molecule has 0 radical (unpaired) electrons. The number of aromatic nitrogens is 2. The van der Waals surface area contributed by atoms with Crippen molar-refractivity contribution in [3.8, 4) is 10.7 Å². The second-order valence-electron chi connectivity index (χ2n) is 4.74. The molecule has 0 unspecified atom stereocenters. The molecule has 1 aromatic carbocycles. The lowest BCUT2D eigenvalue weighted by molar-refractivity contribution is 1.05. The summed E-state index contributed by atoms with van der Waals surface area (Å²) in [6.45, 7) is 0. The Morgan fingerprint density at radius 3 is 2.78 bits per heavy atom. The van der Waals surface area contributed by atoms with Gasteiger partial charge in [-0.25, -0.2) is 9.97 Å². The number of nitrogens with zero attached hydrogens (tertiary/aromatic N) is 2. The monoisotopic (exact) mass is 252 g/mol. The maximum absolute atomic E-state index is 4.71. The highest BCUT2D eigenvalue weighted by atomic mass is 32.1. The van der Waals surface area contributed by atoms with Gasteiger partial charge in [0.2, 0.25) is 0 Å². The average Bonchev–Trinajstić information content (AvgIpc) is 3.16. The normalized spacial score (nSPS) is 15.1. The molecular formula is C15H12N2S. The first kappa shape index (κ1) is 10.2. The summed E-state index contributed by atoms with van der Waals surface area (Å²) in [5, 5.41) is 4.41. The van der Waals surface area contributed by atoms with Crippen molar-refractivity contribution in [1.82, 2.24) is 9.97 Å². The second-order valence-corrected chi connectivity index (χ2v) is 5.60. The van der Waals surface area contributed by atoms with Crippen molar-refractivity contribution < 1.29 is 0 Å². The van der Waals surface area contributed by atoms with Crippen LogP contribution in [0.3, 0.4) is 0 Å². The van der Waals surface area contributed by atoms with E-state index in [0.717, 1.165) is 22.1 Å². The van der Waals surface area contributed by atoms with Crippen molar-refractivity contribution in [1.29, 1.82) is 0 Å². The molecule has 0 saturated heterocycles. The Labute approximate surface area is 109 Å². The first-order chi connectivity index (χ1) is 8.90. The molecule has 0 aliphatic heterocycles. The fourth-order valence-electron chi connectivity index (χ4n) is 2.16. The van der Waals surface area contributed by atoms with Crippen LogP contribution >= 0.6 is 11.3 Å². The molecular weight excluding hydrogens is 240 g/mol. The Bertz CT molecular complexity index is 713. The predicted molar refractivity (Wildman–Crippen MR) is 74.8 cm³/mol. The number of pyridine rings is 1. The molecule has 0 atom stereocenters. The van der Waals surface area contributed by atoms with E-state index in [9.17, 15) is 0 Å². The number of para-hydroxylation sites is 1. The van der Waals surface area contributed by atoms with Gasteiger partial charge in [-0.05, 0) is 25.0 Å². The Hall–Kier alpha value is -1.74. The Kier molecular flexibility index (Phi) is 2.20. The van der Waals surface area contributed by atoms with Gasteiger partial charge < -0.3 is 0 Å². The molecule has 0 amide bonds. The van der Waals surface area contributed by atoms with Crippen LogP contribution in [0.4, 0.5) is 0 Å². The molecule has 4 rings (SSSR count). The van der Waals surface area contributed by atoms with Crippen LogP contribution in [0.15, 0.2) is 41.8 Å². The lowest BCUT2D eigenvalue weighted by atomic mass is 10.2. The van der Waals surface area contributed by atoms with Crippen LogP contribution in [-0.2, 0) is 0 Å². The standard InChI is InChI=1S/C15H12N2S/c1-2-4-12-10(3-1)7-8-13(16-12)15-17-14(9-18-15)11-5-6-11/h1-4,7-9,11H,5-6H2. The van der Waals surface area contributed by atoms with E-state index < -0.39 is 0 Å². The van der Waals surface area contributed by atoms with E-state index in [1.807, 2.05) is 18.2 Å². The topological polar surface area (TPSA) is 25.8 Å². The minimum atomic E-state index is 0.718. The summed E-state index contributed by atoms with van der Waals surface area (Å²) in [7, 11) is 0. The van der Waals surface area contributed by atoms with Crippen LogP contribution in [0.2, 0.25) is 0 Å². The van der Waals surface area contributed by atoms with Gasteiger partial charge in [-0.2, -0.15) is 0 Å². The maximum atomic E-state index is 4.71. The first-order valence-corrected chi connectivity index (χ1v) is 7.10. The number of rotatable bonds is 2. The molecule has 2 nitrogen and oxygen atoms in total. The van der Waals surface area contributed by atoms with Gasteiger partial charge in [-0.3, -0.25) is 0 Å². The zero-order valence-electron chi connectivity index (χ0n) is 9.84. The van der Waals surface area contributed by atoms with Crippen LogP contribution in [0.25, 0.3) is 21.6 Å². The highest BCUT2D eigenvalue weighted by Gasteiger charge is 2.26. The lowest BCUT2D eigenvalue weighted by Gasteiger charge is -1.99. The molecule has 1 fully saturated rings. The van der Waals surface area contributed by atoms with Crippen LogP contribution in [0, 0.1) is 0 Å². The summed E-state index contributed by atoms with van der Waals surface area (Å²) in [6, 6.07) is 12.4. The Morgan fingerprint density at radius 1 is 1.00 bits per heavy atom. The van der Waals surface area contributed by atoms with Gasteiger partial charge in [0.05, 0.1) is 16.9 Å². The second kappa shape index (κ2) is 3.89. The van der Waals surface area contributed by atoms with Gasteiger partial charge >= 0.3 is 0 Å². The largest absolute Gasteiger partial charge is 0.245 e. The zero-order valence-corrected chi connectivity index (χ0v) is 10.7. The highest BCUT2D eigenvalue weighted by Crippen LogP contribution is 2.41. The molecule has 18 heavy (non-hydrogen) atoms. The van der Waals surface area contributed by atoms with Gasteiger partial charge in [0, 0.05) is 16.7 Å². The molecule has 88 valence electrons. The fraction of sp³-hybridized carbons (Fsp3) is 0.200. The molecule has 1 aliphatic carbocycles. The summed E-state index contributed by atoms with van der Waals surface area (Å²) in [4.78, 5) is 9.39. The van der Waals surface area contributed by atoms with E-state index >= 15 is 0 Å². The van der Waals surface area contributed by atoms with Crippen molar-refractivity contribution in [2.24, 2.45) is 0 Å². The fourth-order valence-corrected chi connectivity index (χ4v) is 3.03. The summed E-state index contributed by atoms with van der Waals surface area (Å²) in [5.74, 6) is 0.718. The third kappa shape index (κ3) is 1.71. The van der Waals surface area contributed by atoms with E-state index in [4.69, 9.17) is 4.98 Å². The third-order valence-corrected chi connectivity index (χ3v) is 4.22. The van der Waals surface area contributed by atoms with Crippen LogP contribution in [-0.4, -0.2) is 9.97 Å². The lowest BCUT2D eigenvalue weighted by Crippen LogP contribution is -1.85. The number of thiazole rings is 1. The average molecular weight is 252 g/mol. The van der Waals surface area contributed by atoms with Crippen LogP contribution in [0.5, 0.6) is 0 Å². The summed E-state index contributed by atoms with van der Waals surface area (Å²) in [6.07, 6.45) is 2.60. The van der Waals surface area contributed by atoms with Gasteiger partial charge in [0.1, 0.15) is 5.01 Å². The van der Waals surface area contributed by atoms with Gasteiger partial charge in [-0.1, -0.05) is 24.3 Å². The minimum absolute atomic E-state index is 0.718. The van der Waals surface area contributed by atoms with Crippen molar-refractivity contribution in [3.63, 3.8) is 0 Å². The highest BCUT2D eigenvalue weighted by molar-refractivity contribution is 7.13. The molecule has 0 bridgehead atoms. The van der Waals surface area contributed by atoms with E-state index in [2.05, 4.69) is 28.6 Å². The summed E-state index contributed by atoms with van der Waals surface area (Å²) in [5.41, 5.74) is 3.29. The molecule has 3 aromatic rings. The van der Waals surface area contributed by atoms with Gasteiger partial charge in [0.25, 0.3) is 0 Å². The van der Waals surface area contributed by atoms with Crippen LogP contribution < -0.4 is 0 Å². The molecule has 0 spiro atoms. The molecule has 3 heteroatoms. The smallest absolute Gasteiger partial charge is 0.142 e. The quantitative estimate of drug-likeness (QED) is 0.682. The first-order valence-electron chi connectivity index (χ1n) is 6.22. The van der Waals surface area contributed by atoms with Gasteiger partial charge in [-0.15, -0.1) is 11.3 Å². The zero-order chi connectivity index (χ0) is 11.9. The molecule has 2 heterocycles. The number of benzene rings is 1. The third-order valence-electron chi connectivity index (χ3n) is 3.34. The van der Waals surface area contributed by atoms with E-state index in [1.54, 1.807) is 11.3 Å². The van der Waals surface area contributed by atoms with Gasteiger partial charge in [0.15, 0.2) is 0 Å². The Balaban J connectivity index is 1.80. The van der Waals surface area contributed by atoms with Crippen molar-refractivity contribution in [2.45, 2.75) is 18.8 Å². The Morgan fingerprint density at radius 2 is 1.89 bits per heavy atom. The molecule has 1 saturated carbocycles. The summed E-state index contributed by atoms with van der Waals surface area (Å²) < 4.78 is 0. The van der Waals surface area contributed by atoms with Crippen molar-refractivity contribution >= 4 is 22.2 Å². The van der Waals surface area contributed by atoms with E-state index in [0.29, 0.717) is 0 Å². The van der Waals surface area contributed by atoms with Crippen LogP contribution in [0.1, 0.15) is 24.5 Å². The number of hydrogen-bond acceptors (Lipinski definition) is 3. The van der Waals surface area contributed by atoms with Crippen molar-refractivity contribution in [3.05, 3.63) is 47.5 Å². The SMILES string of the molecule is c1ccc2nc(-c3nc(C4CC4)cs3)ccc2c1. The molecule has 2 aromatic heterocycles. The van der Waals surface area contributed by atoms with E-state index in [1.165, 1.54) is 23.9 Å². The molecule has 1 aliphatic rings.